The zero-order chi connectivity index (χ0) is 6.69. The summed E-state index contributed by atoms with van der Waals surface area (Å²) in [5.41, 5.74) is 5.22. The molecular formula is C7H10N2O. The number of hydrogen-bond donors (Lipinski definition) is 1. The molecule has 0 aliphatic heterocycles. The highest BCUT2D eigenvalue weighted by atomic mass is 16.1. The third-order valence-electron chi connectivity index (χ3n) is 0.917. The summed E-state index contributed by atoms with van der Waals surface area (Å²) in [6.45, 7) is 0. The Hall–Kier alpha value is -1.38. The molecule has 0 unspecified atom stereocenters. The van der Waals surface area contributed by atoms with E-state index in [1.807, 2.05) is 0 Å². The van der Waals surface area contributed by atoms with E-state index in [2.05, 4.69) is 4.98 Å². The summed E-state index contributed by atoms with van der Waals surface area (Å²) >= 11 is 0. The lowest BCUT2D eigenvalue weighted by atomic mass is 10.3. The van der Waals surface area contributed by atoms with E-state index in [1.54, 1.807) is 18.2 Å². The molecule has 1 amide bonds. The third kappa shape index (κ3) is 1.85. The molecule has 54 valence electrons. The maximum absolute atomic E-state index is 10.4. The highest BCUT2D eigenvalue weighted by Gasteiger charge is 1.95. The van der Waals surface area contributed by atoms with Gasteiger partial charge in [0, 0.05) is 6.20 Å². The van der Waals surface area contributed by atoms with Crippen LogP contribution < -0.4 is 5.73 Å². The average molecular weight is 138 g/mol. The quantitative estimate of drug-likeness (QED) is 0.624. The normalized spacial score (nSPS) is 8.00. The lowest BCUT2D eigenvalue weighted by molar-refractivity contribution is 0.0995. The van der Waals surface area contributed by atoms with Crippen LogP contribution in [-0.2, 0) is 0 Å². The second-order valence-corrected chi connectivity index (χ2v) is 1.58. The molecule has 0 saturated carbocycles. The van der Waals surface area contributed by atoms with Crippen molar-refractivity contribution in [2.24, 2.45) is 5.73 Å². The number of pyridine rings is 1. The number of primary amides is 1. The topological polar surface area (TPSA) is 56.0 Å². The molecule has 2 N–H and O–H groups in total. The summed E-state index contributed by atoms with van der Waals surface area (Å²) in [7, 11) is 0. The van der Waals surface area contributed by atoms with Gasteiger partial charge in [-0.25, -0.2) is 0 Å². The van der Waals surface area contributed by atoms with E-state index in [1.165, 1.54) is 6.20 Å². The first-order valence-electron chi connectivity index (χ1n) is 2.51. The fourth-order valence-electron chi connectivity index (χ4n) is 0.509. The van der Waals surface area contributed by atoms with Gasteiger partial charge in [-0.3, -0.25) is 9.78 Å². The van der Waals surface area contributed by atoms with E-state index < -0.39 is 5.91 Å². The average Bonchev–Trinajstić information content (AvgIpc) is 1.90. The van der Waals surface area contributed by atoms with Crippen LogP contribution in [0.3, 0.4) is 0 Å². The second-order valence-electron chi connectivity index (χ2n) is 1.58. The highest BCUT2D eigenvalue weighted by molar-refractivity contribution is 5.90. The first kappa shape index (κ1) is 8.62. The smallest absolute Gasteiger partial charge is 0.267 e. The molecule has 10 heavy (non-hydrogen) atoms. The van der Waals surface area contributed by atoms with Crippen LogP contribution in [0.25, 0.3) is 0 Å². The molecule has 0 saturated heterocycles. The maximum atomic E-state index is 10.4. The molecule has 0 aliphatic carbocycles. The van der Waals surface area contributed by atoms with Crippen LogP contribution in [0.2, 0.25) is 0 Å². The van der Waals surface area contributed by atoms with Crippen molar-refractivity contribution in [3.8, 4) is 0 Å². The Labute approximate surface area is 59.9 Å². The first-order valence-corrected chi connectivity index (χ1v) is 2.51. The number of carbonyl (C=O) groups is 1. The Balaban J connectivity index is 0.000000810. The summed E-state index contributed by atoms with van der Waals surface area (Å²) in [6, 6.07) is 5.02. The standard InChI is InChI=1S/C6H6N2O.CH4/c7-6(9)5-3-1-2-4-8-5;/h1-4H,(H2,7,9);1H4. The minimum Gasteiger partial charge on any atom is -0.364 e. The number of hydrogen-bond acceptors (Lipinski definition) is 2. The molecule has 3 heteroatoms. The van der Waals surface area contributed by atoms with Gasteiger partial charge in [-0.1, -0.05) is 13.5 Å². The SMILES string of the molecule is C.NC(=O)c1ccccn1. The number of nitrogens with two attached hydrogens (primary N) is 1. The van der Waals surface area contributed by atoms with Crippen molar-refractivity contribution in [2.75, 3.05) is 0 Å². The summed E-state index contributed by atoms with van der Waals surface area (Å²) in [5, 5.41) is 0. The molecule has 0 radical (unpaired) electrons. The van der Waals surface area contributed by atoms with Gasteiger partial charge in [0.2, 0.25) is 0 Å². The molecule has 1 heterocycles. The maximum Gasteiger partial charge on any atom is 0.267 e. The van der Waals surface area contributed by atoms with Crippen LogP contribution in [0.1, 0.15) is 17.9 Å². The van der Waals surface area contributed by atoms with Gasteiger partial charge in [0.15, 0.2) is 0 Å². The fourth-order valence-corrected chi connectivity index (χ4v) is 0.509. The molecule has 0 fully saturated rings. The van der Waals surface area contributed by atoms with Gasteiger partial charge in [0.05, 0.1) is 0 Å². The van der Waals surface area contributed by atoms with Gasteiger partial charge in [-0.05, 0) is 12.1 Å². The Morgan fingerprint density at radius 3 is 2.50 bits per heavy atom. The summed E-state index contributed by atoms with van der Waals surface area (Å²) in [5.74, 6) is -0.490. The number of nitrogens with zero attached hydrogens (tertiary/aromatic N) is 1. The Morgan fingerprint density at radius 1 is 1.50 bits per heavy atom. The van der Waals surface area contributed by atoms with Crippen LogP contribution in [0.15, 0.2) is 24.4 Å². The predicted molar refractivity (Wildman–Crippen MR) is 39.5 cm³/mol. The summed E-state index contributed by atoms with van der Waals surface area (Å²) in [6.07, 6.45) is 1.53. The number of rotatable bonds is 1. The van der Waals surface area contributed by atoms with E-state index in [0.717, 1.165) is 0 Å². The van der Waals surface area contributed by atoms with Crippen molar-refractivity contribution in [1.82, 2.24) is 4.98 Å². The lowest BCUT2D eigenvalue weighted by Gasteiger charge is -1.88. The molecule has 1 rings (SSSR count). The fraction of sp³-hybridized carbons (Fsp3) is 0.143. The summed E-state index contributed by atoms with van der Waals surface area (Å²) < 4.78 is 0. The zero-order valence-corrected chi connectivity index (χ0v) is 4.74. The Bertz CT molecular complexity index is 208. The first-order chi connectivity index (χ1) is 4.30. The molecule has 0 aliphatic rings. The van der Waals surface area contributed by atoms with Gasteiger partial charge in [0.1, 0.15) is 5.69 Å². The van der Waals surface area contributed by atoms with Crippen LogP contribution in [0, 0.1) is 0 Å². The molecule has 0 atom stereocenters. The van der Waals surface area contributed by atoms with Gasteiger partial charge in [-0.15, -0.1) is 0 Å². The van der Waals surface area contributed by atoms with Crippen molar-refractivity contribution in [3.63, 3.8) is 0 Å². The Morgan fingerprint density at radius 2 is 2.20 bits per heavy atom. The predicted octanol–water partition coefficient (Wildman–Crippen LogP) is 0.817. The van der Waals surface area contributed by atoms with Crippen LogP contribution in [0.4, 0.5) is 0 Å². The monoisotopic (exact) mass is 138 g/mol. The molecule has 0 spiro atoms. The van der Waals surface area contributed by atoms with Crippen molar-refractivity contribution >= 4 is 5.91 Å². The van der Waals surface area contributed by atoms with E-state index in [4.69, 9.17) is 5.73 Å². The third-order valence-corrected chi connectivity index (χ3v) is 0.917. The molecule has 1 aromatic heterocycles. The molecule has 3 nitrogen and oxygen atoms in total. The number of amides is 1. The van der Waals surface area contributed by atoms with Crippen LogP contribution in [-0.4, -0.2) is 10.9 Å². The highest BCUT2D eigenvalue weighted by Crippen LogP contribution is 1.88. The molecule has 0 bridgehead atoms. The van der Waals surface area contributed by atoms with Gasteiger partial charge in [0.25, 0.3) is 5.91 Å². The van der Waals surface area contributed by atoms with Gasteiger partial charge >= 0.3 is 0 Å². The van der Waals surface area contributed by atoms with Gasteiger partial charge < -0.3 is 5.73 Å². The largest absolute Gasteiger partial charge is 0.364 e. The zero-order valence-electron chi connectivity index (χ0n) is 4.74. The van der Waals surface area contributed by atoms with Crippen molar-refractivity contribution < 1.29 is 4.79 Å². The summed E-state index contributed by atoms with van der Waals surface area (Å²) in [4.78, 5) is 14.1. The van der Waals surface area contributed by atoms with E-state index in [9.17, 15) is 4.79 Å². The molecular weight excluding hydrogens is 128 g/mol. The molecule has 1 aromatic rings. The van der Waals surface area contributed by atoms with Crippen molar-refractivity contribution in [1.29, 1.82) is 0 Å². The minimum atomic E-state index is -0.490. The Kier molecular flexibility index (Phi) is 3.11. The van der Waals surface area contributed by atoms with Crippen LogP contribution >= 0.6 is 0 Å². The minimum absolute atomic E-state index is 0. The number of aromatic nitrogens is 1. The number of carbonyl (C=O) groups excluding carboxylic acids is 1. The van der Waals surface area contributed by atoms with Crippen LogP contribution in [0.5, 0.6) is 0 Å². The van der Waals surface area contributed by atoms with Gasteiger partial charge in [-0.2, -0.15) is 0 Å². The van der Waals surface area contributed by atoms with Crippen molar-refractivity contribution in [3.05, 3.63) is 30.1 Å². The second kappa shape index (κ2) is 3.61. The van der Waals surface area contributed by atoms with Crippen molar-refractivity contribution in [2.45, 2.75) is 7.43 Å². The van der Waals surface area contributed by atoms with E-state index in [0.29, 0.717) is 5.69 Å². The lowest BCUT2D eigenvalue weighted by Crippen LogP contribution is -2.12. The van der Waals surface area contributed by atoms with E-state index in [-0.39, 0.29) is 7.43 Å². The molecule has 0 aromatic carbocycles. The van der Waals surface area contributed by atoms with E-state index >= 15 is 0 Å².